The van der Waals surface area contributed by atoms with Crippen molar-refractivity contribution in [2.24, 2.45) is 7.05 Å². The average molecular weight is 209 g/mol. The lowest BCUT2D eigenvalue weighted by Gasteiger charge is -2.03. The van der Waals surface area contributed by atoms with Gasteiger partial charge in [0, 0.05) is 35.3 Å². The number of rotatable bonds is 0. The third-order valence-corrected chi connectivity index (χ3v) is 3.21. The molecule has 0 aliphatic heterocycles. The maximum Gasteiger partial charge on any atom is 0.185 e. The summed E-state index contributed by atoms with van der Waals surface area (Å²) in [6.07, 6.45) is 3.94. The van der Waals surface area contributed by atoms with Gasteiger partial charge in [-0.05, 0) is 18.2 Å². The van der Waals surface area contributed by atoms with Crippen LogP contribution in [-0.4, -0.2) is 4.98 Å². The van der Waals surface area contributed by atoms with Crippen molar-refractivity contribution in [3.63, 3.8) is 0 Å². The maximum absolute atomic E-state index is 4.38. The normalized spacial score (nSPS) is 11.1. The number of hydrogen-bond acceptors (Lipinski definition) is 1. The van der Waals surface area contributed by atoms with Crippen LogP contribution in [-0.2, 0) is 7.05 Å². The number of nitrogens with zero attached hydrogens (tertiary/aromatic N) is 2. The molecular weight excluding hydrogens is 196 g/mol. The Morgan fingerprint density at radius 2 is 1.88 bits per heavy atom. The lowest BCUT2D eigenvalue weighted by atomic mass is 10.0. The van der Waals surface area contributed by atoms with E-state index in [9.17, 15) is 0 Å². The van der Waals surface area contributed by atoms with Gasteiger partial charge in [-0.15, -0.1) is 0 Å². The molecule has 2 heteroatoms. The molecule has 1 aromatic carbocycles. The van der Waals surface area contributed by atoms with E-state index in [1.165, 1.54) is 21.9 Å². The van der Waals surface area contributed by atoms with E-state index in [2.05, 4.69) is 54.0 Å². The largest absolute Gasteiger partial charge is 0.256 e. The monoisotopic (exact) mass is 209 g/mol. The van der Waals surface area contributed by atoms with Gasteiger partial charge in [-0.1, -0.05) is 6.07 Å². The lowest BCUT2D eigenvalue weighted by Crippen LogP contribution is -2.31. The van der Waals surface area contributed by atoms with Crippen LogP contribution in [0.15, 0.2) is 42.7 Å². The van der Waals surface area contributed by atoms with E-state index >= 15 is 0 Å². The van der Waals surface area contributed by atoms with Gasteiger partial charge in [0.2, 0.25) is 0 Å². The Balaban J connectivity index is 2.58. The highest BCUT2D eigenvalue weighted by Crippen LogP contribution is 2.24. The zero-order chi connectivity index (χ0) is 11.1. The Morgan fingerprint density at radius 1 is 1.00 bits per heavy atom. The molecule has 0 aliphatic carbocycles. The Kier molecular flexibility index (Phi) is 1.90. The predicted octanol–water partition coefficient (Wildman–Crippen LogP) is 2.52. The second kappa shape index (κ2) is 3.27. The van der Waals surface area contributed by atoms with Crippen LogP contribution in [0.3, 0.4) is 0 Å². The molecule has 0 atom stereocenters. The molecule has 0 amide bonds. The van der Waals surface area contributed by atoms with Gasteiger partial charge in [-0.3, -0.25) is 4.98 Å². The van der Waals surface area contributed by atoms with Crippen molar-refractivity contribution in [1.29, 1.82) is 0 Å². The van der Waals surface area contributed by atoms with Gasteiger partial charge in [0.1, 0.15) is 7.05 Å². The fourth-order valence-corrected chi connectivity index (χ4v) is 2.16. The van der Waals surface area contributed by atoms with Crippen LogP contribution in [0, 0.1) is 6.92 Å². The SMILES string of the molecule is Cc1c2ccc3ncccc3c2cc[n+]1C. The van der Waals surface area contributed by atoms with Crippen molar-refractivity contribution in [3.05, 3.63) is 48.4 Å². The molecule has 0 saturated heterocycles. The maximum atomic E-state index is 4.38. The van der Waals surface area contributed by atoms with E-state index in [-0.39, 0.29) is 0 Å². The molecule has 16 heavy (non-hydrogen) atoms. The summed E-state index contributed by atoms with van der Waals surface area (Å²) in [7, 11) is 2.07. The number of fused-ring (bicyclic) bond motifs is 3. The van der Waals surface area contributed by atoms with Crippen molar-refractivity contribution in [3.8, 4) is 0 Å². The fourth-order valence-electron chi connectivity index (χ4n) is 2.16. The van der Waals surface area contributed by atoms with Crippen molar-refractivity contribution in [2.75, 3.05) is 0 Å². The van der Waals surface area contributed by atoms with Gasteiger partial charge in [0.15, 0.2) is 11.9 Å². The van der Waals surface area contributed by atoms with Crippen LogP contribution in [0.2, 0.25) is 0 Å². The number of pyridine rings is 2. The van der Waals surface area contributed by atoms with Gasteiger partial charge in [-0.25, -0.2) is 4.57 Å². The first-order chi connectivity index (χ1) is 7.77. The highest BCUT2D eigenvalue weighted by molar-refractivity contribution is 6.06. The summed E-state index contributed by atoms with van der Waals surface area (Å²) in [6, 6.07) is 10.5. The molecule has 0 saturated carbocycles. The summed E-state index contributed by atoms with van der Waals surface area (Å²) in [6.45, 7) is 2.14. The summed E-state index contributed by atoms with van der Waals surface area (Å²) < 4.78 is 2.14. The minimum absolute atomic E-state index is 1.06. The first-order valence-electron chi connectivity index (χ1n) is 5.40. The van der Waals surface area contributed by atoms with E-state index in [0.29, 0.717) is 0 Å². The van der Waals surface area contributed by atoms with E-state index in [0.717, 1.165) is 5.52 Å². The molecule has 2 nitrogen and oxygen atoms in total. The summed E-state index contributed by atoms with van der Waals surface area (Å²) in [5.74, 6) is 0. The third kappa shape index (κ3) is 1.20. The van der Waals surface area contributed by atoms with Gasteiger partial charge >= 0.3 is 0 Å². The molecular formula is C14H13N2+. The molecule has 2 heterocycles. The van der Waals surface area contributed by atoms with Gasteiger partial charge in [-0.2, -0.15) is 0 Å². The second-order valence-corrected chi connectivity index (χ2v) is 4.11. The van der Waals surface area contributed by atoms with Crippen LogP contribution in [0.25, 0.3) is 21.7 Å². The van der Waals surface area contributed by atoms with E-state index in [1.807, 2.05) is 12.3 Å². The molecule has 0 aliphatic rings. The van der Waals surface area contributed by atoms with Gasteiger partial charge < -0.3 is 0 Å². The van der Waals surface area contributed by atoms with E-state index < -0.39 is 0 Å². The first-order valence-corrected chi connectivity index (χ1v) is 5.40. The molecule has 0 fully saturated rings. The molecule has 2 aromatic heterocycles. The van der Waals surface area contributed by atoms with Crippen LogP contribution in [0.4, 0.5) is 0 Å². The highest BCUT2D eigenvalue weighted by atomic mass is 14.9. The second-order valence-electron chi connectivity index (χ2n) is 4.11. The minimum atomic E-state index is 1.06. The number of aryl methyl sites for hydroxylation is 2. The summed E-state index contributed by atoms with van der Waals surface area (Å²) in [5, 5.41) is 3.80. The molecule has 0 N–H and O–H groups in total. The summed E-state index contributed by atoms with van der Waals surface area (Å²) >= 11 is 0. The summed E-state index contributed by atoms with van der Waals surface area (Å²) in [4.78, 5) is 4.38. The average Bonchev–Trinajstić information content (AvgIpc) is 2.33. The molecule has 0 unspecified atom stereocenters. The molecule has 0 bridgehead atoms. The smallest absolute Gasteiger partial charge is 0.185 e. The quantitative estimate of drug-likeness (QED) is 0.410. The lowest BCUT2D eigenvalue weighted by molar-refractivity contribution is -0.676. The van der Waals surface area contributed by atoms with Crippen LogP contribution in [0.5, 0.6) is 0 Å². The standard InChI is InChI=1S/C14H13N2/c1-10-11-5-6-14-13(4-3-8-15-14)12(11)7-9-16(10)2/h3-9H,1-2H3/q+1. The Morgan fingerprint density at radius 3 is 2.75 bits per heavy atom. The Labute approximate surface area is 94.2 Å². The Bertz CT molecular complexity index is 687. The van der Waals surface area contributed by atoms with Crippen molar-refractivity contribution < 1.29 is 4.57 Å². The Hall–Kier alpha value is -1.96. The topological polar surface area (TPSA) is 16.8 Å². The van der Waals surface area contributed by atoms with E-state index in [4.69, 9.17) is 0 Å². The molecule has 0 spiro atoms. The summed E-state index contributed by atoms with van der Waals surface area (Å²) in [5.41, 5.74) is 2.34. The van der Waals surface area contributed by atoms with E-state index in [1.54, 1.807) is 0 Å². The zero-order valence-corrected chi connectivity index (χ0v) is 9.44. The molecule has 78 valence electrons. The zero-order valence-electron chi connectivity index (χ0n) is 9.44. The molecule has 3 aromatic rings. The first kappa shape index (κ1) is 9.28. The predicted molar refractivity (Wildman–Crippen MR) is 65.2 cm³/mol. The van der Waals surface area contributed by atoms with Crippen molar-refractivity contribution in [1.82, 2.24) is 4.98 Å². The number of benzene rings is 1. The third-order valence-electron chi connectivity index (χ3n) is 3.21. The highest BCUT2D eigenvalue weighted by Gasteiger charge is 2.09. The number of aromatic nitrogens is 2. The minimum Gasteiger partial charge on any atom is -0.256 e. The van der Waals surface area contributed by atoms with Gasteiger partial charge in [0.05, 0.1) is 5.52 Å². The number of hydrogen-bond donors (Lipinski definition) is 0. The molecule has 0 radical (unpaired) electrons. The van der Waals surface area contributed by atoms with Crippen LogP contribution >= 0.6 is 0 Å². The fraction of sp³-hybridized carbons (Fsp3) is 0.143. The van der Waals surface area contributed by atoms with Crippen molar-refractivity contribution in [2.45, 2.75) is 6.92 Å². The van der Waals surface area contributed by atoms with Crippen LogP contribution < -0.4 is 4.57 Å². The molecule has 3 rings (SSSR count). The van der Waals surface area contributed by atoms with Gasteiger partial charge in [0.25, 0.3) is 0 Å². The van der Waals surface area contributed by atoms with Crippen molar-refractivity contribution >= 4 is 21.7 Å². The van der Waals surface area contributed by atoms with Crippen LogP contribution in [0.1, 0.15) is 5.69 Å².